The van der Waals surface area contributed by atoms with Crippen LogP contribution in [0, 0.1) is 5.41 Å². The van der Waals surface area contributed by atoms with Crippen molar-refractivity contribution in [2.24, 2.45) is 0 Å². The first-order valence-corrected chi connectivity index (χ1v) is 24.9. The van der Waals surface area contributed by atoms with E-state index in [1.807, 2.05) is 36.4 Å². The van der Waals surface area contributed by atoms with Gasteiger partial charge in [-0.1, -0.05) is 250 Å². The predicted octanol–water partition coefficient (Wildman–Crippen LogP) is 16.6. The molecule has 0 spiro atoms. The van der Waals surface area contributed by atoms with Crippen molar-refractivity contribution in [1.82, 2.24) is 5.32 Å². The Labute approximate surface area is 422 Å². The molecule has 342 valence electrons. The molecule has 1 aliphatic heterocycles. The fourth-order valence-electron chi connectivity index (χ4n) is 12.1. The van der Waals surface area contributed by atoms with Crippen LogP contribution < -0.4 is 10.2 Å². The highest BCUT2D eigenvalue weighted by Crippen LogP contribution is 2.58. The average Bonchev–Trinajstić information content (AvgIpc) is 3.87. The first-order valence-electron chi connectivity index (χ1n) is 24.9. The highest BCUT2D eigenvalue weighted by molar-refractivity contribution is 6.36. The van der Waals surface area contributed by atoms with Gasteiger partial charge in [0.25, 0.3) is 0 Å². The van der Waals surface area contributed by atoms with Crippen molar-refractivity contribution in [3.05, 3.63) is 322 Å². The van der Waals surface area contributed by atoms with Gasteiger partial charge < -0.3 is 10.2 Å². The molecule has 0 aromatic heterocycles. The Morgan fingerprint density at radius 2 is 0.819 bits per heavy atom. The minimum absolute atomic E-state index is 0.236. The summed E-state index contributed by atoms with van der Waals surface area (Å²) in [6.07, 6.45) is 0. The van der Waals surface area contributed by atoms with Crippen molar-refractivity contribution >= 4 is 39.8 Å². The second-order valence-corrected chi connectivity index (χ2v) is 19.6. The molecule has 0 unspecified atom stereocenters. The van der Waals surface area contributed by atoms with Gasteiger partial charge in [0.15, 0.2) is 0 Å². The topological polar surface area (TPSA) is 39.1 Å². The van der Waals surface area contributed by atoms with Gasteiger partial charge in [-0.2, -0.15) is 0 Å². The molecule has 0 atom stereocenters. The van der Waals surface area contributed by atoms with Crippen molar-refractivity contribution in [3.63, 3.8) is 0 Å². The third-order valence-corrected chi connectivity index (χ3v) is 15.4. The Bertz CT molecular complexity index is 3760. The van der Waals surface area contributed by atoms with E-state index in [2.05, 4.69) is 249 Å². The largest absolute Gasteiger partial charge is 0.352 e. The molecule has 10 aromatic rings. The first-order chi connectivity index (χ1) is 35.4. The minimum Gasteiger partial charge on any atom is -0.352 e. The van der Waals surface area contributed by atoms with Crippen LogP contribution in [0.15, 0.2) is 261 Å². The van der Waals surface area contributed by atoms with E-state index in [0.29, 0.717) is 5.71 Å². The maximum atomic E-state index is 10.0. The van der Waals surface area contributed by atoms with E-state index >= 15 is 0 Å². The maximum Gasteiger partial charge on any atom is 0.0782 e. The Kier molecular flexibility index (Phi) is 10.2. The maximum absolute atomic E-state index is 10.0. The molecule has 2 N–H and O–H groups in total. The van der Waals surface area contributed by atoms with Gasteiger partial charge in [0.1, 0.15) is 0 Å². The summed E-state index contributed by atoms with van der Waals surface area (Å²) in [7, 11) is 0. The molecule has 10 aromatic carbocycles. The van der Waals surface area contributed by atoms with E-state index in [0.717, 1.165) is 61.9 Å². The van der Waals surface area contributed by atoms with E-state index in [1.54, 1.807) is 0 Å². The predicted molar refractivity (Wildman–Crippen MR) is 299 cm³/mol. The summed E-state index contributed by atoms with van der Waals surface area (Å²) >= 11 is 0. The van der Waals surface area contributed by atoms with Crippen molar-refractivity contribution in [1.29, 1.82) is 5.41 Å². The van der Waals surface area contributed by atoms with Crippen molar-refractivity contribution in [3.8, 4) is 22.3 Å². The number of allylic oxidation sites excluding steroid dienone is 1. The lowest BCUT2D eigenvalue weighted by molar-refractivity contribution is 0.660. The summed E-state index contributed by atoms with van der Waals surface area (Å²) in [5.74, 6) is 0. The van der Waals surface area contributed by atoms with Crippen LogP contribution in [0.25, 0.3) is 44.9 Å². The van der Waals surface area contributed by atoms with Crippen LogP contribution in [0.3, 0.4) is 0 Å². The summed E-state index contributed by atoms with van der Waals surface area (Å²) in [4.78, 5) is 2.51. The fraction of sp³-hybridized carbons (Fsp3) is 0.0580. The molecule has 3 aliphatic rings. The number of nitrogens with one attached hydrogen (secondary N) is 2. The molecule has 13 rings (SSSR count). The molecule has 1 heterocycles. The number of hydrogen-bond donors (Lipinski definition) is 2. The number of benzene rings is 10. The molecule has 72 heavy (non-hydrogen) atoms. The van der Waals surface area contributed by atoms with Gasteiger partial charge in [-0.25, -0.2) is 0 Å². The third kappa shape index (κ3) is 6.62. The van der Waals surface area contributed by atoms with Crippen molar-refractivity contribution < 1.29 is 0 Å². The van der Waals surface area contributed by atoms with Crippen LogP contribution in [-0.2, 0) is 10.8 Å². The number of rotatable bonds is 9. The van der Waals surface area contributed by atoms with Crippen molar-refractivity contribution in [2.45, 2.75) is 24.7 Å². The van der Waals surface area contributed by atoms with E-state index in [4.69, 9.17) is 0 Å². The van der Waals surface area contributed by atoms with Gasteiger partial charge >= 0.3 is 0 Å². The first kappa shape index (κ1) is 43.0. The van der Waals surface area contributed by atoms with Gasteiger partial charge in [-0.3, -0.25) is 5.41 Å². The smallest absolute Gasteiger partial charge is 0.0782 e. The Balaban J connectivity index is 1.13. The number of fused-ring (bicyclic) bond motifs is 7. The Hall–Kier alpha value is -9.05. The van der Waals surface area contributed by atoms with Gasteiger partial charge in [-0.15, -0.1) is 0 Å². The highest BCUT2D eigenvalue weighted by atomic mass is 15.2. The van der Waals surface area contributed by atoms with E-state index < -0.39 is 5.41 Å². The van der Waals surface area contributed by atoms with Crippen molar-refractivity contribution in [2.75, 3.05) is 4.90 Å². The standard InChI is InChI=1S/C69H51N3/c1-68(2)59-38-22-20-34-53(59)55-42-40-51(44-61(55)68)72(52-41-43-56-54-35-21-23-39-60(54)69(62(56)45-52,49-30-14-6-15-31-49)50-32-16-7-17-33-50)67-58-37-19-18-36-57(58)66(71-65(67)48-28-12-5-13-29-48)63(46-24-8-3-9-25-46)64(70)47-26-10-4-11-27-47/h3-45,70-71H,1-2H3/b66-63-,70-64?. The Morgan fingerprint density at radius 1 is 0.389 bits per heavy atom. The monoisotopic (exact) mass is 921 g/mol. The molecule has 0 fully saturated rings. The second kappa shape index (κ2) is 17.1. The fourth-order valence-corrected chi connectivity index (χ4v) is 12.1. The zero-order valence-electron chi connectivity index (χ0n) is 40.3. The summed E-state index contributed by atoms with van der Waals surface area (Å²) in [5, 5.41) is 14.2. The summed E-state index contributed by atoms with van der Waals surface area (Å²) in [6.45, 7) is 4.73. The zero-order chi connectivity index (χ0) is 48.4. The second-order valence-electron chi connectivity index (χ2n) is 19.6. The van der Waals surface area contributed by atoms with E-state index in [-0.39, 0.29) is 5.41 Å². The quantitative estimate of drug-likeness (QED) is 0.142. The molecule has 3 heteroatoms. The lowest BCUT2D eigenvalue weighted by Crippen LogP contribution is -2.30. The lowest BCUT2D eigenvalue weighted by atomic mass is 9.67. The molecule has 0 saturated carbocycles. The van der Waals surface area contributed by atoms with Gasteiger partial charge in [0, 0.05) is 44.6 Å². The average molecular weight is 922 g/mol. The molecule has 0 bridgehead atoms. The lowest BCUT2D eigenvalue weighted by Gasteiger charge is -2.38. The van der Waals surface area contributed by atoms with Gasteiger partial charge in [-0.05, 0) is 85.5 Å². The van der Waals surface area contributed by atoms with Crippen LogP contribution in [0.2, 0.25) is 0 Å². The third-order valence-electron chi connectivity index (χ3n) is 15.4. The van der Waals surface area contributed by atoms with Crippen LogP contribution in [-0.4, -0.2) is 5.71 Å². The highest BCUT2D eigenvalue weighted by Gasteiger charge is 2.47. The molecule has 0 saturated heterocycles. The van der Waals surface area contributed by atoms with E-state index in [1.165, 1.54) is 55.6 Å². The van der Waals surface area contributed by atoms with Gasteiger partial charge in [0.2, 0.25) is 0 Å². The minimum atomic E-state index is -0.602. The molecule has 3 nitrogen and oxygen atoms in total. The van der Waals surface area contributed by atoms with Crippen LogP contribution in [0.5, 0.6) is 0 Å². The number of nitrogens with zero attached hydrogens (tertiary/aromatic N) is 1. The van der Waals surface area contributed by atoms with Crippen LogP contribution in [0.1, 0.15) is 75.0 Å². The number of hydrogen-bond acceptors (Lipinski definition) is 3. The summed E-state index contributed by atoms with van der Waals surface area (Å²) in [5.41, 5.74) is 22.9. The molecular weight excluding hydrogens is 871 g/mol. The van der Waals surface area contributed by atoms with Crippen LogP contribution >= 0.6 is 0 Å². The zero-order valence-corrected chi connectivity index (χ0v) is 40.3. The Morgan fingerprint density at radius 3 is 1.42 bits per heavy atom. The normalized spacial score (nSPS) is 15.0. The SMILES string of the molecule is CC1(C)c2ccccc2-c2ccc(N(C3=C(c4ccccc4)N/C(=C(\C(=N)c4ccccc4)c4ccccc4)c4ccccc43)c3ccc4c(c3)C(c3ccccc3)(c3ccccc3)c3ccccc3-4)cc21. The molecule has 0 radical (unpaired) electrons. The molecule has 2 aliphatic carbocycles. The van der Waals surface area contributed by atoms with E-state index in [9.17, 15) is 5.41 Å². The molecular formula is C69H51N3. The molecule has 0 amide bonds. The van der Waals surface area contributed by atoms with Gasteiger partial charge in [0.05, 0.1) is 28.2 Å². The number of anilines is 2. The summed E-state index contributed by atoms with van der Waals surface area (Å²) < 4.78 is 0. The summed E-state index contributed by atoms with van der Waals surface area (Å²) in [6, 6.07) is 94.3. The van der Waals surface area contributed by atoms with Crippen LogP contribution in [0.4, 0.5) is 11.4 Å².